The van der Waals surface area contributed by atoms with Gasteiger partial charge in [-0.05, 0) is 41.2 Å². The van der Waals surface area contributed by atoms with Gasteiger partial charge in [-0.2, -0.15) is 0 Å². The van der Waals surface area contributed by atoms with Crippen LogP contribution in [-0.2, 0) is 16.0 Å². The van der Waals surface area contributed by atoms with Crippen LogP contribution in [0.1, 0.15) is 31.0 Å². The Morgan fingerprint density at radius 2 is 1.75 bits per heavy atom. The first kappa shape index (κ1) is 22.4. The van der Waals surface area contributed by atoms with Crippen LogP contribution in [0.2, 0.25) is 0 Å². The number of esters is 1. The van der Waals surface area contributed by atoms with E-state index in [1.807, 2.05) is 36.5 Å². The third kappa shape index (κ3) is 5.78. The predicted molar refractivity (Wildman–Crippen MR) is 102 cm³/mol. The minimum absolute atomic E-state index is 0. The topological polar surface area (TPSA) is 65.2 Å². The Hall–Kier alpha value is -1.62. The average Bonchev–Trinajstić information content (AvgIpc) is 2.54. The molecule has 4 nitrogen and oxygen atoms in total. The van der Waals surface area contributed by atoms with E-state index in [0.29, 0.717) is 12.3 Å². The van der Waals surface area contributed by atoms with E-state index in [4.69, 9.17) is 5.73 Å². The zero-order valence-electron chi connectivity index (χ0n) is 14.1. The van der Waals surface area contributed by atoms with Gasteiger partial charge in [0.1, 0.15) is 6.04 Å². The Morgan fingerprint density at radius 3 is 2.29 bits per heavy atom. The number of carbonyl (C=O) groups is 1. The number of rotatable bonds is 5. The lowest BCUT2D eigenvalue weighted by Crippen LogP contribution is -2.33. The smallest absolute Gasteiger partial charge is 0.322 e. The lowest BCUT2D eigenvalue weighted by molar-refractivity contribution is -0.142. The molecule has 132 valence electrons. The highest BCUT2D eigenvalue weighted by Crippen LogP contribution is 2.23. The Kier molecular flexibility index (Phi) is 9.59. The summed E-state index contributed by atoms with van der Waals surface area (Å²) in [6.45, 7) is 4.26. The summed E-state index contributed by atoms with van der Waals surface area (Å²) < 4.78 is 4.64. The van der Waals surface area contributed by atoms with E-state index < -0.39 is 6.04 Å². The predicted octanol–water partition coefficient (Wildman–Crippen LogP) is 3.76. The number of halogens is 2. The van der Waals surface area contributed by atoms with Crippen LogP contribution < -0.4 is 5.73 Å². The molecule has 6 heteroatoms. The Balaban J connectivity index is 0.00000264. The molecule has 0 bridgehead atoms. The number of hydrogen-bond donors (Lipinski definition) is 1. The fraction of sp³-hybridized carbons (Fsp3) is 0.333. The second kappa shape index (κ2) is 10.3. The Bertz CT molecular complexity index is 646. The van der Waals surface area contributed by atoms with E-state index in [-0.39, 0.29) is 30.8 Å². The standard InChI is InChI=1S/C18H22N2O2.2ClH/c1-12(2)17-11-15(8-9-20-17)14-6-4-13(5-7-14)10-16(19)18(21)22-3;;/h4-9,11-12,16H,10,19H2,1-3H3;2*1H/t16-;;/m0../s1. The van der Waals surface area contributed by atoms with Gasteiger partial charge in [-0.25, -0.2) is 0 Å². The maximum atomic E-state index is 11.4. The second-order valence-corrected chi connectivity index (χ2v) is 5.65. The van der Waals surface area contributed by atoms with Crippen molar-refractivity contribution < 1.29 is 9.53 Å². The van der Waals surface area contributed by atoms with Gasteiger partial charge in [0.05, 0.1) is 7.11 Å². The maximum Gasteiger partial charge on any atom is 0.322 e. The molecule has 1 aromatic carbocycles. The van der Waals surface area contributed by atoms with Gasteiger partial charge in [-0.15, -0.1) is 24.8 Å². The quantitative estimate of drug-likeness (QED) is 0.813. The van der Waals surface area contributed by atoms with Gasteiger partial charge in [-0.3, -0.25) is 9.78 Å². The summed E-state index contributed by atoms with van der Waals surface area (Å²) in [6.07, 6.45) is 2.31. The molecule has 1 heterocycles. The van der Waals surface area contributed by atoms with Gasteiger partial charge in [-0.1, -0.05) is 38.1 Å². The van der Waals surface area contributed by atoms with Crippen LogP contribution in [0.3, 0.4) is 0 Å². The number of hydrogen-bond acceptors (Lipinski definition) is 4. The van der Waals surface area contributed by atoms with Crippen molar-refractivity contribution in [3.05, 3.63) is 53.9 Å². The first-order valence-electron chi connectivity index (χ1n) is 7.40. The zero-order chi connectivity index (χ0) is 16.1. The van der Waals surface area contributed by atoms with E-state index in [0.717, 1.165) is 22.4 Å². The van der Waals surface area contributed by atoms with Crippen molar-refractivity contribution in [2.45, 2.75) is 32.2 Å². The molecule has 0 amide bonds. The van der Waals surface area contributed by atoms with E-state index in [9.17, 15) is 4.79 Å². The molecule has 1 aromatic heterocycles. The number of nitrogens with two attached hydrogens (primary N) is 1. The molecule has 0 saturated carbocycles. The molecule has 0 unspecified atom stereocenters. The summed E-state index contributed by atoms with van der Waals surface area (Å²) in [5.41, 5.74) is 10.1. The second-order valence-electron chi connectivity index (χ2n) is 5.65. The SMILES string of the molecule is COC(=O)[C@@H](N)Cc1ccc(-c2ccnc(C(C)C)c2)cc1.Cl.Cl. The number of carbonyl (C=O) groups excluding carboxylic acids is 1. The van der Waals surface area contributed by atoms with Crippen molar-refractivity contribution in [2.24, 2.45) is 5.73 Å². The lowest BCUT2D eigenvalue weighted by Gasteiger charge is -2.10. The van der Waals surface area contributed by atoms with Gasteiger partial charge in [0.15, 0.2) is 0 Å². The molecule has 0 aliphatic carbocycles. The molecule has 24 heavy (non-hydrogen) atoms. The minimum atomic E-state index is -0.621. The summed E-state index contributed by atoms with van der Waals surface area (Å²) >= 11 is 0. The highest BCUT2D eigenvalue weighted by atomic mass is 35.5. The van der Waals surface area contributed by atoms with Crippen molar-refractivity contribution in [3.8, 4) is 11.1 Å². The van der Waals surface area contributed by atoms with Crippen molar-refractivity contribution in [2.75, 3.05) is 7.11 Å². The van der Waals surface area contributed by atoms with Gasteiger partial charge in [0.25, 0.3) is 0 Å². The van der Waals surface area contributed by atoms with Gasteiger partial charge in [0, 0.05) is 11.9 Å². The minimum Gasteiger partial charge on any atom is -0.468 e. The van der Waals surface area contributed by atoms with E-state index in [1.54, 1.807) is 0 Å². The first-order valence-corrected chi connectivity index (χ1v) is 7.40. The molecule has 2 N–H and O–H groups in total. The summed E-state index contributed by atoms with van der Waals surface area (Å²) in [7, 11) is 1.35. The van der Waals surface area contributed by atoms with Crippen LogP contribution >= 0.6 is 24.8 Å². The van der Waals surface area contributed by atoms with E-state index in [1.165, 1.54) is 7.11 Å². The van der Waals surface area contributed by atoms with Crippen molar-refractivity contribution >= 4 is 30.8 Å². The summed E-state index contributed by atoms with van der Waals surface area (Å²) in [5.74, 6) is 0.0112. The van der Waals surface area contributed by atoms with Crippen molar-refractivity contribution in [1.82, 2.24) is 4.98 Å². The first-order chi connectivity index (χ1) is 10.5. The number of benzene rings is 1. The van der Waals surface area contributed by atoms with Crippen LogP contribution in [0.5, 0.6) is 0 Å². The zero-order valence-corrected chi connectivity index (χ0v) is 15.7. The van der Waals surface area contributed by atoms with Gasteiger partial charge < -0.3 is 10.5 Å². The van der Waals surface area contributed by atoms with Gasteiger partial charge in [0.2, 0.25) is 0 Å². The number of aromatic nitrogens is 1. The number of ether oxygens (including phenoxy) is 1. The number of nitrogens with zero attached hydrogens (tertiary/aromatic N) is 1. The molecule has 2 rings (SSSR count). The van der Waals surface area contributed by atoms with Crippen LogP contribution in [0.4, 0.5) is 0 Å². The average molecular weight is 371 g/mol. The van der Waals surface area contributed by atoms with Crippen LogP contribution in [0, 0.1) is 0 Å². The fourth-order valence-electron chi connectivity index (χ4n) is 2.27. The molecule has 0 aliphatic heterocycles. The molecule has 0 aliphatic rings. The van der Waals surface area contributed by atoms with Crippen LogP contribution in [0.15, 0.2) is 42.6 Å². The summed E-state index contributed by atoms with van der Waals surface area (Å²) in [4.78, 5) is 15.7. The third-order valence-electron chi connectivity index (χ3n) is 3.62. The molecule has 1 atom stereocenters. The molecule has 0 saturated heterocycles. The fourth-order valence-corrected chi connectivity index (χ4v) is 2.27. The normalized spacial score (nSPS) is 11.2. The highest BCUT2D eigenvalue weighted by Gasteiger charge is 2.14. The molecular formula is C18H24Cl2N2O2. The molecular weight excluding hydrogens is 347 g/mol. The van der Waals surface area contributed by atoms with Crippen LogP contribution in [0.25, 0.3) is 11.1 Å². The van der Waals surface area contributed by atoms with Crippen LogP contribution in [-0.4, -0.2) is 24.1 Å². The highest BCUT2D eigenvalue weighted by molar-refractivity contribution is 5.85. The molecule has 0 radical (unpaired) electrons. The van der Waals surface area contributed by atoms with Gasteiger partial charge >= 0.3 is 5.97 Å². The van der Waals surface area contributed by atoms with E-state index in [2.05, 4.69) is 29.6 Å². The molecule has 0 fully saturated rings. The third-order valence-corrected chi connectivity index (χ3v) is 3.62. The van der Waals surface area contributed by atoms with Crippen molar-refractivity contribution in [1.29, 1.82) is 0 Å². The Labute approximate surface area is 155 Å². The molecule has 0 spiro atoms. The maximum absolute atomic E-state index is 11.4. The van der Waals surface area contributed by atoms with E-state index >= 15 is 0 Å². The monoisotopic (exact) mass is 370 g/mol. The summed E-state index contributed by atoms with van der Waals surface area (Å²) in [6, 6.07) is 11.6. The number of pyridine rings is 1. The number of methoxy groups -OCH3 is 1. The largest absolute Gasteiger partial charge is 0.468 e. The lowest BCUT2D eigenvalue weighted by atomic mass is 9.99. The summed E-state index contributed by atoms with van der Waals surface area (Å²) in [5, 5.41) is 0. The molecule has 2 aromatic rings. The van der Waals surface area contributed by atoms with Crippen molar-refractivity contribution in [3.63, 3.8) is 0 Å². The Morgan fingerprint density at radius 1 is 1.12 bits per heavy atom.